The van der Waals surface area contributed by atoms with E-state index in [9.17, 15) is 13.2 Å². The zero-order chi connectivity index (χ0) is 22.4. The smallest absolute Gasteiger partial charge is 0.422 e. The molecule has 2 heterocycles. The number of rotatable bonds is 7. The lowest BCUT2D eigenvalue weighted by Crippen LogP contribution is -2.38. The van der Waals surface area contributed by atoms with Gasteiger partial charge < -0.3 is 19.8 Å². The third-order valence-corrected chi connectivity index (χ3v) is 4.69. The largest absolute Gasteiger partial charge is 0.484 e. The van der Waals surface area contributed by atoms with E-state index in [0.29, 0.717) is 24.5 Å². The molecule has 166 valence electrons. The summed E-state index contributed by atoms with van der Waals surface area (Å²) in [7, 11) is 1.64. The molecule has 0 aliphatic rings. The molecule has 2 N–H and O–H groups in total. The summed E-state index contributed by atoms with van der Waals surface area (Å²) >= 11 is 0. The van der Waals surface area contributed by atoms with Gasteiger partial charge in [-0.3, -0.25) is 4.99 Å². The standard InChI is InChI=1S/C22H26F3N5O/c1-15-6-7-17(19(11-15)31-14-22(23,24)25)12-28-21(26-3)27-9-8-18-13-30-10-4-5-16(2)20(30)29-18/h4-7,10-11,13H,8-9,12,14H2,1-3H3,(H2,26,27,28). The fourth-order valence-electron chi connectivity index (χ4n) is 3.14. The Bertz CT molecular complexity index is 1060. The molecule has 0 saturated heterocycles. The Hall–Kier alpha value is -3.23. The van der Waals surface area contributed by atoms with Crippen molar-refractivity contribution >= 4 is 11.6 Å². The fourth-order valence-corrected chi connectivity index (χ4v) is 3.14. The van der Waals surface area contributed by atoms with E-state index < -0.39 is 12.8 Å². The summed E-state index contributed by atoms with van der Waals surface area (Å²) in [6, 6.07) is 9.19. The first kappa shape index (κ1) is 22.5. The molecule has 0 saturated carbocycles. The second-order valence-corrected chi connectivity index (χ2v) is 7.27. The van der Waals surface area contributed by atoms with Crippen molar-refractivity contribution in [2.45, 2.75) is 33.0 Å². The number of aryl methyl sites for hydroxylation is 2. The fraction of sp³-hybridized carbons (Fsp3) is 0.364. The van der Waals surface area contributed by atoms with Crippen molar-refractivity contribution in [3.8, 4) is 5.75 Å². The van der Waals surface area contributed by atoms with Gasteiger partial charge in [0.1, 0.15) is 11.4 Å². The van der Waals surface area contributed by atoms with Crippen LogP contribution < -0.4 is 15.4 Å². The lowest BCUT2D eigenvalue weighted by molar-refractivity contribution is -0.153. The van der Waals surface area contributed by atoms with Gasteiger partial charge in [0.05, 0.1) is 5.69 Å². The van der Waals surface area contributed by atoms with Crippen LogP contribution in [0.5, 0.6) is 5.75 Å². The Morgan fingerprint density at radius 1 is 1.19 bits per heavy atom. The quantitative estimate of drug-likeness (QED) is 0.440. The normalized spacial score (nSPS) is 12.3. The maximum absolute atomic E-state index is 12.5. The molecule has 0 spiro atoms. The molecule has 0 aliphatic heterocycles. The number of alkyl halides is 3. The monoisotopic (exact) mass is 433 g/mol. The summed E-state index contributed by atoms with van der Waals surface area (Å²) < 4.78 is 44.6. The predicted molar refractivity (Wildman–Crippen MR) is 115 cm³/mol. The van der Waals surface area contributed by atoms with E-state index in [1.54, 1.807) is 26.1 Å². The maximum Gasteiger partial charge on any atom is 0.422 e. The molecule has 0 atom stereocenters. The van der Waals surface area contributed by atoms with Crippen LogP contribution in [-0.2, 0) is 13.0 Å². The van der Waals surface area contributed by atoms with Gasteiger partial charge in [-0.25, -0.2) is 4.98 Å². The van der Waals surface area contributed by atoms with Gasteiger partial charge in [0, 0.05) is 44.5 Å². The molecule has 31 heavy (non-hydrogen) atoms. The zero-order valence-electron chi connectivity index (χ0n) is 17.8. The van der Waals surface area contributed by atoms with Crippen molar-refractivity contribution in [2.24, 2.45) is 4.99 Å². The van der Waals surface area contributed by atoms with Gasteiger partial charge in [-0.05, 0) is 37.1 Å². The van der Waals surface area contributed by atoms with Crippen LogP contribution in [0.2, 0.25) is 0 Å². The summed E-state index contributed by atoms with van der Waals surface area (Å²) in [5.74, 6) is 0.752. The number of ether oxygens (including phenoxy) is 1. The first-order valence-electron chi connectivity index (χ1n) is 9.92. The van der Waals surface area contributed by atoms with Crippen LogP contribution in [-0.4, -0.2) is 41.7 Å². The number of halogens is 3. The minimum Gasteiger partial charge on any atom is -0.484 e. The van der Waals surface area contributed by atoms with Crippen LogP contribution in [0.3, 0.4) is 0 Å². The Morgan fingerprint density at radius 2 is 2.00 bits per heavy atom. The number of hydrogen-bond acceptors (Lipinski definition) is 3. The summed E-state index contributed by atoms with van der Waals surface area (Å²) in [4.78, 5) is 8.81. The molecule has 9 heteroatoms. The number of pyridine rings is 1. The van der Waals surface area contributed by atoms with E-state index in [1.807, 2.05) is 41.9 Å². The number of fused-ring (bicyclic) bond motifs is 1. The van der Waals surface area contributed by atoms with Crippen LogP contribution in [0.25, 0.3) is 5.65 Å². The topological polar surface area (TPSA) is 63.0 Å². The molecular weight excluding hydrogens is 407 g/mol. The van der Waals surface area contributed by atoms with Crippen molar-refractivity contribution in [2.75, 3.05) is 20.2 Å². The molecule has 3 aromatic rings. The van der Waals surface area contributed by atoms with E-state index >= 15 is 0 Å². The molecule has 0 bridgehead atoms. The number of nitrogens with one attached hydrogen (secondary N) is 2. The Labute approximate surface area is 179 Å². The van der Waals surface area contributed by atoms with E-state index in [-0.39, 0.29) is 12.3 Å². The van der Waals surface area contributed by atoms with Gasteiger partial charge in [0.15, 0.2) is 12.6 Å². The molecule has 1 aromatic carbocycles. The van der Waals surface area contributed by atoms with Crippen LogP contribution in [0.4, 0.5) is 13.2 Å². The van der Waals surface area contributed by atoms with Gasteiger partial charge in [0.2, 0.25) is 0 Å². The zero-order valence-corrected chi connectivity index (χ0v) is 17.8. The Kier molecular flexibility index (Phi) is 7.04. The molecule has 0 radical (unpaired) electrons. The van der Waals surface area contributed by atoms with Crippen molar-refractivity contribution in [3.63, 3.8) is 0 Å². The molecule has 0 aliphatic carbocycles. The lowest BCUT2D eigenvalue weighted by Gasteiger charge is -2.16. The van der Waals surface area contributed by atoms with E-state index in [4.69, 9.17) is 4.74 Å². The summed E-state index contributed by atoms with van der Waals surface area (Å²) in [6.45, 7) is 3.39. The number of aromatic nitrogens is 2. The first-order valence-corrected chi connectivity index (χ1v) is 9.92. The number of guanidine groups is 1. The number of nitrogens with zero attached hydrogens (tertiary/aromatic N) is 3. The van der Waals surface area contributed by atoms with Gasteiger partial charge >= 0.3 is 6.18 Å². The highest BCUT2D eigenvalue weighted by molar-refractivity contribution is 5.79. The number of hydrogen-bond donors (Lipinski definition) is 2. The van der Waals surface area contributed by atoms with Gasteiger partial charge in [-0.2, -0.15) is 13.2 Å². The minimum absolute atomic E-state index is 0.209. The van der Waals surface area contributed by atoms with Crippen LogP contribution in [0.15, 0.2) is 47.7 Å². The summed E-state index contributed by atoms with van der Waals surface area (Å²) in [6.07, 6.45) is 0.276. The second-order valence-electron chi connectivity index (χ2n) is 7.27. The molecule has 6 nitrogen and oxygen atoms in total. The average molecular weight is 433 g/mol. The van der Waals surface area contributed by atoms with Crippen molar-refractivity contribution in [1.82, 2.24) is 20.0 Å². The van der Waals surface area contributed by atoms with E-state index in [0.717, 1.165) is 22.5 Å². The van der Waals surface area contributed by atoms with Gasteiger partial charge in [-0.1, -0.05) is 18.2 Å². The molecule has 0 unspecified atom stereocenters. The highest BCUT2D eigenvalue weighted by Gasteiger charge is 2.28. The average Bonchev–Trinajstić information content (AvgIpc) is 3.14. The van der Waals surface area contributed by atoms with Crippen LogP contribution in [0, 0.1) is 13.8 Å². The van der Waals surface area contributed by atoms with Crippen molar-refractivity contribution in [1.29, 1.82) is 0 Å². The third kappa shape index (κ3) is 6.37. The lowest BCUT2D eigenvalue weighted by atomic mass is 10.1. The molecule has 0 fully saturated rings. The number of imidazole rings is 1. The van der Waals surface area contributed by atoms with Crippen molar-refractivity contribution < 1.29 is 17.9 Å². The highest BCUT2D eigenvalue weighted by Crippen LogP contribution is 2.23. The third-order valence-electron chi connectivity index (χ3n) is 4.69. The van der Waals surface area contributed by atoms with Crippen molar-refractivity contribution in [3.05, 3.63) is 65.1 Å². The molecule has 3 rings (SSSR count). The summed E-state index contributed by atoms with van der Waals surface area (Å²) in [5, 5.41) is 6.32. The van der Waals surface area contributed by atoms with Gasteiger partial charge in [0.25, 0.3) is 0 Å². The highest BCUT2D eigenvalue weighted by atomic mass is 19.4. The first-order chi connectivity index (χ1) is 14.7. The number of benzene rings is 1. The molecular formula is C22H26F3N5O. The Morgan fingerprint density at radius 3 is 2.71 bits per heavy atom. The van der Waals surface area contributed by atoms with E-state index in [1.165, 1.54) is 0 Å². The predicted octanol–water partition coefficient (Wildman–Crippen LogP) is 3.80. The molecule has 2 aromatic heterocycles. The number of aliphatic imine (C=N–C) groups is 1. The van der Waals surface area contributed by atoms with Crippen LogP contribution in [0.1, 0.15) is 22.4 Å². The van der Waals surface area contributed by atoms with E-state index in [2.05, 4.69) is 20.6 Å². The Balaban J connectivity index is 1.55. The maximum atomic E-state index is 12.5. The molecule has 0 amide bonds. The SMILES string of the molecule is CN=C(NCCc1cn2cccc(C)c2n1)NCc1ccc(C)cc1OCC(F)(F)F. The minimum atomic E-state index is -4.39. The van der Waals surface area contributed by atoms with Gasteiger partial charge in [-0.15, -0.1) is 0 Å². The summed E-state index contributed by atoms with van der Waals surface area (Å²) in [5.41, 5.74) is 4.45. The van der Waals surface area contributed by atoms with Crippen LogP contribution >= 0.6 is 0 Å². The second kappa shape index (κ2) is 9.72.